The molecule has 0 aliphatic heterocycles. The largest absolute Gasteiger partial charge is 0.478 e. The van der Waals surface area contributed by atoms with Crippen LogP contribution in [-0.4, -0.2) is 17.0 Å². The number of amides is 1. The lowest BCUT2D eigenvalue weighted by Crippen LogP contribution is -2.12. The molecule has 2 aromatic carbocycles. The second-order valence-corrected chi connectivity index (χ2v) is 4.16. The van der Waals surface area contributed by atoms with E-state index in [9.17, 15) is 14.0 Å². The fourth-order valence-electron chi connectivity index (χ4n) is 1.68. The van der Waals surface area contributed by atoms with E-state index < -0.39 is 17.7 Å². The van der Waals surface area contributed by atoms with Crippen molar-refractivity contribution in [1.82, 2.24) is 0 Å². The Bertz CT molecular complexity index is 731. The number of halogens is 1. The van der Waals surface area contributed by atoms with Gasteiger partial charge in [-0.2, -0.15) is 0 Å². The highest BCUT2D eigenvalue weighted by Gasteiger charge is 2.12. The summed E-state index contributed by atoms with van der Waals surface area (Å²) < 4.78 is 18.9. The first-order chi connectivity index (χ1) is 9.88. The smallest absolute Gasteiger partial charge is 0.337 e. The predicted octanol–water partition coefficient (Wildman–Crippen LogP) is 2.00. The number of rotatable bonds is 4. The van der Waals surface area contributed by atoms with Gasteiger partial charge in [0.15, 0.2) is 0 Å². The highest BCUT2D eigenvalue weighted by molar-refractivity contribution is 5.94. The highest BCUT2D eigenvalue weighted by atomic mass is 19.1. The molecule has 0 saturated carbocycles. The van der Waals surface area contributed by atoms with Gasteiger partial charge >= 0.3 is 5.97 Å². The lowest BCUT2D eigenvalue weighted by Gasteiger charge is -2.09. The van der Waals surface area contributed by atoms with Crippen LogP contribution in [0.25, 0.3) is 0 Å². The summed E-state index contributed by atoms with van der Waals surface area (Å²) in [5, 5.41) is 8.95. The minimum atomic E-state index is -1.20. The van der Waals surface area contributed by atoms with Crippen LogP contribution >= 0.6 is 0 Å². The zero-order valence-corrected chi connectivity index (χ0v) is 10.7. The van der Waals surface area contributed by atoms with Gasteiger partial charge in [0, 0.05) is 11.8 Å². The molecule has 0 aliphatic rings. The third-order valence-electron chi connectivity index (χ3n) is 2.70. The van der Waals surface area contributed by atoms with Crippen LogP contribution in [0.15, 0.2) is 36.4 Å². The van der Waals surface area contributed by atoms with Crippen LogP contribution in [0, 0.1) is 5.82 Å². The SMILES string of the molecule is NC(=O)c1ccc(Oc2ccc(N)c(C(=O)O)c2)cc1F. The molecule has 0 atom stereocenters. The molecule has 6 nitrogen and oxygen atoms in total. The van der Waals surface area contributed by atoms with Gasteiger partial charge in [0.1, 0.15) is 17.3 Å². The van der Waals surface area contributed by atoms with E-state index in [1.807, 2.05) is 0 Å². The summed E-state index contributed by atoms with van der Waals surface area (Å²) in [6, 6.07) is 7.55. The summed E-state index contributed by atoms with van der Waals surface area (Å²) >= 11 is 0. The van der Waals surface area contributed by atoms with Crippen LogP contribution in [0.5, 0.6) is 11.5 Å². The van der Waals surface area contributed by atoms with E-state index in [2.05, 4.69) is 0 Å². The minimum Gasteiger partial charge on any atom is -0.478 e. The van der Waals surface area contributed by atoms with Crippen molar-refractivity contribution in [2.75, 3.05) is 5.73 Å². The number of primary amides is 1. The Balaban J connectivity index is 2.30. The normalized spacial score (nSPS) is 10.1. The number of carboxylic acids is 1. The molecule has 0 fully saturated rings. The quantitative estimate of drug-likeness (QED) is 0.745. The van der Waals surface area contributed by atoms with Gasteiger partial charge in [-0.1, -0.05) is 0 Å². The molecule has 0 bridgehead atoms. The number of carbonyl (C=O) groups excluding carboxylic acids is 1. The highest BCUT2D eigenvalue weighted by Crippen LogP contribution is 2.26. The number of aromatic carboxylic acids is 1. The van der Waals surface area contributed by atoms with Crippen molar-refractivity contribution in [3.8, 4) is 11.5 Å². The van der Waals surface area contributed by atoms with Crippen LogP contribution in [-0.2, 0) is 0 Å². The van der Waals surface area contributed by atoms with E-state index in [-0.39, 0.29) is 28.3 Å². The third-order valence-corrected chi connectivity index (χ3v) is 2.70. The second kappa shape index (κ2) is 5.49. The number of carbonyl (C=O) groups is 2. The van der Waals surface area contributed by atoms with Crippen LogP contribution in [0.1, 0.15) is 20.7 Å². The number of nitrogen functional groups attached to an aromatic ring is 1. The van der Waals surface area contributed by atoms with Crippen molar-refractivity contribution in [1.29, 1.82) is 0 Å². The molecule has 0 saturated heterocycles. The van der Waals surface area contributed by atoms with Gasteiger partial charge in [-0.3, -0.25) is 4.79 Å². The fraction of sp³-hybridized carbons (Fsp3) is 0. The number of hydrogen-bond acceptors (Lipinski definition) is 4. The lowest BCUT2D eigenvalue weighted by atomic mass is 10.1. The molecule has 0 unspecified atom stereocenters. The molecular weight excluding hydrogens is 279 g/mol. The number of benzene rings is 2. The fourth-order valence-corrected chi connectivity index (χ4v) is 1.68. The molecule has 5 N–H and O–H groups in total. The monoisotopic (exact) mass is 290 g/mol. The number of hydrogen-bond donors (Lipinski definition) is 3. The van der Waals surface area contributed by atoms with Crippen LogP contribution in [0.4, 0.5) is 10.1 Å². The molecule has 0 radical (unpaired) electrons. The van der Waals surface area contributed by atoms with E-state index in [0.29, 0.717) is 0 Å². The standard InChI is InChI=1S/C14H11FN2O4/c15-11-6-8(1-3-9(11)13(17)18)21-7-2-4-12(16)10(5-7)14(19)20/h1-6H,16H2,(H2,17,18)(H,19,20). The second-order valence-electron chi connectivity index (χ2n) is 4.16. The molecule has 108 valence electrons. The summed E-state index contributed by atoms with van der Waals surface area (Å²) in [5.74, 6) is -2.65. The molecule has 0 heterocycles. The Hall–Kier alpha value is -3.09. The van der Waals surface area contributed by atoms with Gasteiger partial charge in [0.05, 0.1) is 11.1 Å². The molecule has 0 spiro atoms. The van der Waals surface area contributed by atoms with Crippen molar-refractivity contribution in [3.05, 3.63) is 53.3 Å². The molecular formula is C14H11FN2O4. The van der Waals surface area contributed by atoms with Gasteiger partial charge < -0.3 is 21.3 Å². The van der Waals surface area contributed by atoms with E-state index in [1.165, 1.54) is 30.3 Å². The van der Waals surface area contributed by atoms with E-state index in [1.54, 1.807) is 0 Å². The Kier molecular flexibility index (Phi) is 3.75. The Morgan fingerprint density at radius 3 is 2.24 bits per heavy atom. The first kappa shape index (κ1) is 14.3. The number of ether oxygens (including phenoxy) is 1. The minimum absolute atomic E-state index is 0.0881. The van der Waals surface area contributed by atoms with Gasteiger partial charge in [-0.15, -0.1) is 0 Å². The van der Waals surface area contributed by atoms with Crippen LogP contribution in [0.2, 0.25) is 0 Å². The summed E-state index contributed by atoms with van der Waals surface area (Å²) in [6.45, 7) is 0. The van der Waals surface area contributed by atoms with Gasteiger partial charge in [0.25, 0.3) is 5.91 Å². The molecule has 21 heavy (non-hydrogen) atoms. The zero-order chi connectivity index (χ0) is 15.6. The maximum atomic E-state index is 13.6. The molecule has 0 aliphatic carbocycles. The molecule has 7 heteroatoms. The molecule has 1 amide bonds. The molecule has 2 aromatic rings. The summed E-state index contributed by atoms with van der Waals surface area (Å²) in [6.07, 6.45) is 0. The summed E-state index contributed by atoms with van der Waals surface area (Å²) in [7, 11) is 0. The average molecular weight is 290 g/mol. The average Bonchev–Trinajstić information content (AvgIpc) is 2.40. The van der Waals surface area contributed by atoms with Crippen molar-refractivity contribution in [2.24, 2.45) is 5.73 Å². The van der Waals surface area contributed by atoms with Crippen molar-refractivity contribution in [2.45, 2.75) is 0 Å². The Morgan fingerprint density at radius 2 is 1.67 bits per heavy atom. The number of anilines is 1. The molecule has 2 rings (SSSR count). The Labute approximate surface area is 118 Å². The summed E-state index contributed by atoms with van der Waals surface area (Å²) in [5.41, 5.74) is 10.2. The van der Waals surface area contributed by atoms with Gasteiger partial charge in [-0.25, -0.2) is 9.18 Å². The lowest BCUT2D eigenvalue weighted by molar-refractivity contribution is 0.0697. The first-order valence-electron chi connectivity index (χ1n) is 5.78. The zero-order valence-electron chi connectivity index (χ0n) is 10.7. The predicted molar refractivity (Wildman–Crippen MR) is 72.8 cm³/mol. The van der Waals surface area contributed by atoms with Crippen molar-refractivity contribution >= 4 is 17.6 Å². The van der Waals surface area contributed by atoms with Gasteiger partial charge in [0.2, 0.25) is 0 Å². The van der Waals surface area contributed by atoms with Crippen LogP contribution < -0.4 is 16.2 Å². The number of carboxylic acid groups (broad SMARTS) is 1. The first-order valence-corrected chi connectivity index (χ1v) is 5.78. The summed E-state index contributed by atoms with van der Waals surface area (Å²) in [4.78, 5) is 21.9. The molecule has 0 aromatic heterocycles. The van der Waals surface area contributed by atoms with Crippen LogP contribution in [0.3, 0.4) is 0 Å². The third kappa shape index (κ3) is 3.08. The van der Waals surface area contributed by atoms with E-state index >= 15 is 0 Å². The van der Waals surface area contributed by atoms with Crippen molar-refractivity contribution in [3.63, 3.8) is 0 Å². The van der Waals surface area contributed by atoms with E-state index in [4.69, 9.17) is 21.3 Å². The maximum Gasteiger partial charge on any atom is 0.337 e. The van der Waals surface area contributed by atoms with Gasteiger partial charge in [-0.05, 0) is 30.3 Å². The Morgan fingerprint density at radius 1 is 1.05 bits per heavy atom. The maximum absolute atomic E-state index is 13.6. The topological polar surface area (TPSA) is 116 Å². The van der Waals surface area contributed by atoms with E-state index in [0.717, 1.165) is 6.07 Å². The number of nitrogens with two attached hydrogens (primary N) is 2. The van der Waals surface area contributed by atoms with Crippen molar-refractivity contribution < 1.29 is 23.8 Å².